The number of esters is 2. The SMILES string of the molecule is CC.CCCC(O)COCCC[Si](C)(C)O[Si](C)(C)CCCOCC(O)CC.CCCC(O)COCCC[Si](C)(C)O[Si](C)(C)CCCOCC(O)CC.CCCCCCCCCCCC(=O)OC.CNCCCCCC[N+](C)(C)CC(O)COCCC[Si](C)(C)O[Si](C)(C)CCCOCC(C)O.COC(C)=O.O.O. The topological polar surface area (TPSA) is 332 Å². The number of ether oxygens (including phenoxy) is 8. The number of methoxy groups -OCH3 is 2. The number of nitrogens with one attached hydrogen (secondary N) is 1. The summed E-state index contributed by atoms with van der Waals surface area (Å²) in [6, 6.07) is 6.51. The monoisotopic (exact) mass is 1690 g/mol. The molecular weight excluding hydrogens is 1510 g/mol. The Bertz CT molecular complexity index is 1860. The highest BCUT2D eigenvalue weighted by Gasteiger charge is 2.35. The minimum atomic E-state index is -1.74. The third-order valence-corrected chi connectivity index (χ3v) is 40.4. The second kappa shape index (κ2) is 80.9. The van der Waals surface area contributed by atoms with E-state index in [0.717, 1.165) is 144 Å². The van der Waals surface area contributed by atoms with Crippen LogP contribution in [-0.2, 0) is 59.8 Å². The number of nitrogens with zero attached hydrogens (tertiary/aromatic N) is 1. The Kier molecular flexibility index (Phi) is 92.0. The average molecular weight is 1700 g/mol. The lowest BCUT2D eigenvalue weighted by Gasteiger charge is -2.34. The van der Waals surface area contributed by atoms with Crippen LogP contribution < -0.4 is 5.32 Å². The first-order chi connectivity index (χ1) is 50.6. The van der Waals surface area contributed by atoms with Crippen LogP contribution in [0.25, 0.3) is 0 Å². The molecule has 0 aromatic heterocycles. The van der Waals surface area contributed by atoms with E-state index >= 15 is 0 Å². The number of aliphatic hydroxyl groups is 6. The van der Waals surface area contributed by atoms with Crippen LogP contribution in [0.4, 0.5) is 0 Å². The lowest BCUT2D eigenvalue weighted by molar-refractivity contribution is -0.893. The summed E-state index contributed by atoms with van der Waals surface area (Å²) >= 11 is 0. The lowest BCUT2D eigenvalue weighted by Crippen LogP contribution is -2.47. The summed E-state index contributed by atoms with van der Waals surface area (Å²) < 4.78 is 63.0. The molecule has 0 heterocycles. The lowest BCUT2D eigenvalue weighted by atomic mass is 10.1. The fourth-order valence-corrected chi connectivity index (χ4v) is 38.5. The van der Waals surface area contributed by atoms with Gasteiger partial charge in [0, 0.05) is 53.0 Å². The molecule has 0 aliphatic rings. The first kappa shape index (κ1) is 125. The van der Waals surface area contributed by atoms with Crippen molar-refractivity contribution in [1.29, 1.82) is 0 Å². The van der Waals surface area contributed by atoms with Gasteiger partial charge in [-0.1, -0.05) is 119 Å². The van der Waals surface area contributed by atoms with Gasteiger partial charge >= 0.3 is 11.9 Å². The van der Waals surface area contributed by atoms with Gasteiger partial charge in [0.2, 0.25) is 0 Å². The zero-order chi connectivity index (χ0) is 83.8. The van der Waals surface area contributed by atoms with Crippen molar-refractivity contribution in [2.75, 3.05) is 134 Å². The summed E-state index contributed by atoms with van der Waals surface area (Å²) in [5, 5.41) is 61.2. The van der Waals surface area contributed by atoms with Gasteiger partial charge in [-0.15, -0.1) is 0 Å². The van der Waals surface area contributed by atoms with Gasteiger partial charge in [-0.05, 0) is 225 Å². The fraction of sp³-hybridized carbons (Fsp3) is 0.975. The zero-order valence-electron chi connectivity index (χ0n) is 76.6. The molecular formula is C81H189N2O21Si6+. The Labute approximate surface area is 684 Å². The Hall–Kier alpha value is -0.519. The van der Waals surface area contributed by atoms with Gasteiger partial charge in [0.05, 0.1) is 105 Å². The first-order valence-electron chi connectivity index (χ1n) is 42.8. The zero-order valence-corrected chi connectivity index (χ0v) is 82.6. The molecule has 23 nitrogen and oxygen atoms in total. The number of carbonyl (C=O) groups excluding carboxylic acids is 2. The smallest absolute Gasteiger partial charge is 0.305 e. The predicted molar refractivity (Wildman–Crippen MR) is 476 cm³/mol. The molecule has 0 radical (unpaired) electrons. The molecule has 0 aromatic rings. The van der Waals surface area contributed by atoms with Crippen LogP contribution >= 0.6 is 0 Å². The van der Waals surface area contributed by atoms with Crippen LogP contribution in [0.1, 0.15) is 229 Å². The van der Waals surface area contributed by atoms with Gasteiger partial charge in [-0.3, -0.25) is 9.59 Å². The molecule has 0 rings (SSSR count). The van der Waals surface area contributed by atoms with Crippen molar-refractivity contribution in [2.45, 2.75) is 381 Å². The minimum Gasteiger partial charge on any atom is -0.469 e. The van der Waals surface area contributed by atoms with Gasteiger partial charge in [-0.2, -0.15) is 0 Å². The minimum absolute atomic E-state index is 0. The number of likely N-dealkylation sites (N-methyl/N-ethyl adjacent to an activating group) is 1. The van der Waals surface area contributed by atoms with Crippen molar-refractivity contribution in [1.82, 2.24) is 5.32 Å². The van der Waals surface area contributed by atoms with Crippen LogP contribution in [0.5, 0.6) is 0 Å². The van der Waals surface area contributed by atoms with Crippen molar-refractivity contribution in [2.24, 2.45) is 0 Å². The molecule has 0 spiro atoms. The van der Waals surface area contributed by atoms with E-state index in [4.69, 9.17) is 40.8 Å². The van der Waals surface area contributed by atoms with Gasteiger partial charge < -0.3 is 102 Å². The quantitative estimate of drug-likeness (QED) is 0.0129. The summed E-state index contributed by atoms with van der Waals surface area (Å²) in [6.45, 7) is 54.7. The fourth-order valence-electron chi connectivity index (χ4n) is 12.2. The van der Waals surface area contributed by atoms with Crippen molar-refractivity contribution in [3.05, 3.63) is 0 Å². The molecule has 0 aliphatic carbocycles. The van der Waals surface area contributed by atoms with Crippen LogP contribution in [0.2, 0.25) is 115 Å². The highest BCUT2D eigenvalue weighted by Crippen LogP contribution is 2.27. The summed E-state index contributed by atoms with van der Waals surface area (Å²) in [5.41, 5.74) is 0. The number of unbranched alkanes of at least 4 members (excludes halogenated alkanes) is 11. The van der Waals surface area contributed by atoms with Crippen molar-refractivity contribution >= 4 is 61.8 Å². The molecule has 0 fully saturated rings. The molecule has 0 bridgehead atoms. The summed E-state index contributed by atoms with van der Waals surface area (Å²) in [7, 11) is -0.978. The van der Waals surface area contributed by atoms with Gasteiger partial charge in [0.25, 0.3) is 0 Å². The predicted octanol–water partition coefficient (Wildman–Crippen LogP) is 15.8. The number of hydrogen-bond donors (Lipinski definition) is 7. The molecule has 29 heteroatoms. The second-order valence-corrected chi connectivity index (χ2v) is 60.2. The van der Waals surface area contributed by atoms with Crippen LogP contribution in [0.3, 0.4) is 0 Å². The Balaban J connectivity index is -0.000000208. The molecule has 0 saturated carbocycles. The summed E-state index contributed by atoms with van der Waals surface area (Å²) in [4.78, 5) is 20.4. The third-order valence-electron chi connectivity index (χ3n) is 17.8. The largest absolute Gasteiger partial charge is 0.469 e. The van der Waals surface area contributed by atoms with E-state index in [0.29, 0.717) is 85.7 Å². The highest BCUT2D eigenvalue weighted by molar-refractivity contribution is 6.86. The highest BCUT2D eigenvalue weighted by atomic mass is 28.4. The molecule has 0 aromatic carbocycles. The second-order valence-electron chi connectivity index (χ2n) is 33.7. The molecule has 6 unspecified atom stereocenters. The maximum absolute atomic E-state index is 10.8. The van der Waals surface area contributed by atoms with Gasteiger partial charge in [0.15, 0.2) is 49.9 Å². The molecule has 672 valence electrons. The molecule has 11 N–H and O–H groups in total. The van der Waals surface area contributed by atoms with E-state index in [9.17, 15) is 40.2 Å². The van der Waals surface area contributed by atoms with Gasteiger partial charge in [0.1, 0.15) is 12.6 Å². The first-order valence-corrected chi connectivity index (χ1v) is 61.5. The average Bonchev–Trinajstić information content (AvgIpc) is 0.881. The Morgan fingerprint density at radius 1 is 0.382 bits per heavy atom. The van der Waals surface area contributed by atoms with Crippen LogP contribution in [0, 0.1) is 0 Å². The Morgan fingerprint density at radius 3 is 0.927 bits per heavy atom. The summed E-state index contributed by atoms with van der Waals surface area (Å²) in [6.07, 6.45) is 26.0. The molecule has 0 aliphatic heterocycles. The van der Waals surface area contributed by atoms with Crippen LogP contribution in [-0.4, -0.2) is 279 Å². The van der Waals surface area contributed by atoms with E-state index in [1.54, 1.807) is 6.92 Å². The number of hydrogen-bond acceptors (Lipinski definition) is 20. The number of rotatable bonds is 67. The standard InChI is InChI=1S/C25H59N2O5Si2.2C19H44O5Si2.C13H26O2.C3H6O2.C2H6.2H2O/c1-24(28)22-30-17-13-19-33(5,6)32-34(7,8)20-14-18-31-23-25(29)21-27(3,4)16-12-10-9-11-15-26-2;2*1-7-11-19(21)17-23-13-10-15-26(5,6)24-25(3,4)14-9-12-22-16-18(20)8-2;1-3-4-5-6-7-8-9-10-11-12-13(14)15-2;1-3(4)5-2;1-2;;/h24-26,28-29H,9-23H2,1-8H3;2*18-21H,7-17H2,1-6H3;3-12H2,1-2H3;1-2H3;1-2H3;2*1H2/q+1;;;;;;;. The molecule has 6 atom stereocenters. The maximum atomic E-state index is 10.8. The van der Waals surface area contributed by atoms with Crippen LogP contribution in [0.15, 0.2) is 0 Å². The van der Waals surface area contributed by atoms with E-state index in [-0.39, 0.29) is 47.3 Å². The Morgan fingerprint density at radius 2 is 0.655 bits per heavy atom. The maximum Gasteiger partial charge on any atom is 0.305 e. The van der Waals surface area contributed by atoms with Crippen molar-refractivity contribution < 1.29 is 106 Å². The molecule has 0 amide bonds. The van der Waals surface area contributed by atoms with E-state index < -0.39 is 62.1 Å². The van der Waals surface area contributed by atoms with E-state index in [1.165, 1.54) is 98.2 Å². The number of carbonyl (C=O) groups is 2. The molecule has 0 saturated heterocycles. The van der Waals surface area contributed by atoms with Crippen molar-refractivity contribution in [3.8, 4) is 0 Å². The normalized spacial score (nSPS) is 13.6. The number of aliphatic hydroxyl groups excluding tert-OH is 6. The van der Waals surface area contributed by atoms with Crippen molar-refractivity contribution in [3.63, 3.8) is 0 Å². The summed E-state index contributed by atoms with van der Waals surface area (Å²) in [5.74, 6) is -0.317. The third kappa shape index (κ3) is 99.8. The number of quaternary nitrogens is 1. The van der Waals surface area contributed by atoms with Gasteiger partial charge in [-0.25, -0.2) is 0 Å². The van der Waals surface area contributed by atoms with E-state index in [2.05, 4.69) is 128 Å². The molecule has 110 heavy (non-hydrogen) atoms. The van der Waals surface area contributed by atoms with E-state index in [1.807, 2.05) is 34.7 Å².